The number of carbonyl (C=O) groups excluding carboxylic acids is 1. The number of amides is 1. The first-order valence-electron chi connectivity index (χ1n) is 9.45. The second-order valence-electron chi connectivity index (χ2n) is 5.83. The standard InChI is InChI=1S/C14H13N3.C5H4F3N3O.C2H6/c1-15-11-6-8-12(9-7-11)17-10-16-13-4-2-3-5-14(13)17;6-5(7,8)3-1-4(9-2-12)11-10-3;1-2/h2-10,15H,1H3;1-2H,(H2,9,10,11,12);1-2H3. The van der Waals surface area contributed by atoms with Gasteiger partial charge in [-0.15, -0.1) is 0 Å². The third-order valence-corrected chi connectivity index (χ3v) is 3.98. The molecule has 4 rings (SSSR count). The molecule has 7 nitrogen and oxygen atoms in total. The number of aromatic nitrogens is 4. The van der Waals surface area contributed by atoms with Crippen LogP contribution in [-0.4, -0.2) is 33.2 Å². The number of nitrogens with one attached hydrogen (secondary N) is 3. The molecule has 164 valence electrons. The highest BCUT2D eigenvalue weighted by molar-refractivity contribution is 5.77. The number of H-pyrrole nitrogens is 1. The number of alkyl halides is 3. The molecule has 0 saturated carbocycles. The molecule has 2 aromatic heterocycles. The van der Waals surface area contributed by atoms with Crippen molar-refractivity contribution in [3.63, 3.8) is 0 Å². The maximum atomic E-state index is 11.9. The number of rotatable bonds is 4. The molecule has 0 aliphatic carbocycles. The van der Waals surface area contributed by atoms with Crippen LogP contribution in [0.5, 0.6) is 0 Å². The summed E-state index contributed by atoms with van der Waals surface area (Å²) in [5, 5.41) is 10.0. The van der Waals surface area contributed by atoms with Gasteiger partial charge < -0.3 is 10.6 Å². The largest absolute Gasteiger partial charge is 0.432 e. The number of para-hydroxylation sites is 2. The van der Waals surface area contributed by atoms with Gasteiger partial charge in [-0.2, -0.15) is 18.3 Å². The van der Waals surface area contributed by atoms with Crippen LogP contribution in [0.1, 0.15) is 19.5 Å². The highest BCUT2D eigenvalue weighted by atomic mass is 19.4. The van der Waals surface area contributed by atoms with E-state index in [9.17, 15) is 18.0 Å². The van der Waals surface area contributed by atoms with Gasteiger partial charge in [0.05, 0.1) is 11.0 Å². The zero-order valence-corrected chi connectivity index (χ0v) is 17.2. The summed E-state index contributed by atoms with van der Waals surface area (Å²) in [6, 6.07) is 17.1. The normalized spacial score (nSPS) is 10.4. The van der Waals surface area contributed by atoms with Gasteiger partial charge in [-0.05, 0) is 36.4 Å². The summed E-state index contributed by atoms with van der Waals surface area (Å²) >= 11 is 0. The number of hydrogen-bond acceptors (Lipinski definition) is 4. The van der Waals surface area contributed by atoms with E-state index in [-0.39, 0.29) is 12.2 Å². The summed E-state index contributed by atoms with van der Waals surface area (Å²) in [4.78, 5) is 14.2. The molecule has 0 fully saturated rings. The number of nitrogens with zero attached hydrogens (tertiary/aromatic N) is 3. The van der Waals surface area contributed by atoms with Crippen LogP contribution in [0.25, 0.3) is 16.7 Å². The third kappa shape index (κ3) is 6.08. The van der Waals surface area contributed by atoms with Crippen LogP contribution in [-0.2, 0) is 11.0 Å². The van der Waals surface area contributed by atoms with Crippen molar-refractivity contribution < 1.29 is 18.0 Å². The summed E-state index contributed by atoms with van der Waals surface area (Å²) in [6.07, 6.45) is -2.36. The molecule has 2 aromatic carbocycles. The molecular formula is C21H23F3N6O. The maximum Gasteiger partial charge on any atom is 0.432 e. The topological polar surface area (TPSA) is 87.6 Å². The number of hydrogen-bond donors (Lipinski definition) is 3. The summed E-state index contributed by atoms with van der Waals surface area (Å²) in [5.41, 5.74) is 3.39. The van der Waals surface area contributed by atoms with E-state index < -0.39 is 11.9 Å². The number of benzene rings is 2. The average Bonchev–Trinajstić information content (AvgIpc) is 3.43. The summed E-state index contributed by atoms with van der Waals surface area (Å²) < 4.78 is 37.7. The first kappa shape index (κ1) is 23.5. The predicted molar refractivity (Wildman–Crippen MR) is 115 cm³/mol. The van der Waals surface area contributed by atoms with Crippen molar-refractivity contribution in [2.45, 2.75) is 20.0 Å². The van der Waals surface area contributed by atoms with Crippen LogP contribution in [0, 0.1) is 0 Å². The maximum absolute atomic E-state index is 11.9. The molecule has 0 saturated heterocycles. The van der Waals surface area contributed by atoms with E-state index in [2.05, 4.69) is 50.3 Å². The van der Waals surface area contributed by atoms with Gasteiger partial charge in [0, 0.05) is 24.5 Å². The average molecular weight is 432 g/mol. The van der Waals surface area contributed by atoms with Crippen LogP contribution in [0.15, 0.2) is 60.9 Å². The minimum atomic E-state index is -4.46. The monoisotopic (exact) mass is 432 g/mol. The van der Waals surface area contributed by atoms with Gasteiger partial charge >= 0.3 is 6.18 Å². The lowest BCUT2D eigenvalue weighted by Gasteiger charge is -2.05. The first-order chi connectivity index (χ1) is 14.9. The summed E-state index contributed by atoms with van der Waals surface area (Å²) in [7, 11) is 1.92. The van der Waals surface area contributed by atoms with Crippen molar-refractivity contribution >= 4 is 28.9 Å². The van der Waals surface area contributed by atoms with Gasteiger partial charge in [0.15, 0.2) is 5.82 Å². The van der Waals surface area contributed by atoms with Crippen LogP contribution in [0.3, 0.4) is 0 Å². The predicted octanol–water partition coefficient (Wildman–Crippen LogP) is 5.09. The van der Waals surface area contributed by atoms with Crippen LogP contribution < -0.4 is 10.6 Å². The van der Waals surface area contributed by atoms with E-state index in [0.29, 0.717) is 6.07 Å². The molecule has 0 spiro atoms. The van der Waals surface area contributed by atoms with Crippen molar-refractivity contribution in [3.8, 4) is 5.69 Å². The first-order valence-corrected chi connectivity index (χ1v) is 9.45. The van der Waals surface area contributed by atoms with E-state index in [0.717, 1.165) is 22.4 Å². The Morgan fingerprint density at radius 3 is 2.32 bits per heavy atom. The molecule has 10 heteroatoms. The molecule has 0 unspecified atom stereocenters. The van der Waals surface area contributed by atoms with Gasteiger partial charge in [-0.25, -0.2) is 4.98 Å². The Balaban J connectivity index is 0.000000216. The molecule has 4 aromatic rings. The zero-order valence-electron chi connectivity index (χ0n) is 17.2. The fraction of sp³-hybridized carbons (Fsp3) is 0.190. The van der Waals surface area contributed by atoms with Gasteiger partial charge in [-0.1, -0.05) is 26.0 Å². The van der Waals surface area contributed by atoms with Crippen molar-refractivity contribution in [1.82, 2.24) is 19.7 Å². The fourth-order valence-electron chi connectivity index (χ4n) is 2.55. The Bertz CT molecular complexity index is 1090. The summed E-state index contributed by atoms with van der Waals surface area (Å²) in [6.45, 7) is 4.00. The lowest BCUT2D eigenvalue weighted by atomic mass is 10.2. The highest BCUT2D eigenvalue weighted by Crippen LogP contribution is 2.28. The second-order valence-corrected chi connectivity index (χ2v) is 5.83. The van der Waals surface area contributed by atoms with Crippen molar-refractivity contribution in [3.05, 3.63) is 66.6 Å². The molecular weight excluding hydrogens is 409 g/mol. The van der Waals surface area contributed by atoms with Crippen molar-refractivity contribution in [1.29, 1.82) is 0 Å². The number of anilines is 2. The van der Waals surface area contributed by atoms with Gasteiger partial charge in [-0.3, -0.25) is 14.5 Å². The molecule has 0 radical (unpaired) electrons. The van der Waals surface area contributed by atoms with E-state index in [4.69, 9.17) is 0 Å². The Kier molecular flexibility index (Phi) is 8.18. The molecule has 1 amide bonds. The van der Waals surface area contributed by atoms with Gasteiger partial charge in [0.1, 0.15) is 12.0 Å². The number of halogens is 3. The minimum Gasteiger partial charge on any atom is -0.388 e. The van der Waals surface area contributed by atoms with Gasteiger partial charge in [0.2, 0.25) is 6.41 Å². The number of aromatic amines is 1. The van der Waals surface area contributed by atoms with Crippen LogP contribution in [0.4, 0.5) is 24.7 Å². The molecule has 2 heterocycles. The quantitative estimate of drug-likeness (QED) is 0.392. The third-order valence-electron chi connectivity index (χ3n) is 3.98. The number of imidazole rings is 1. The Morgan fingerprint density at radius 1 is 1.06 bits per heavy atom. The fourth-order valence-corrected chi connectivity index (χ4v) is 2.55. The van der Waals surface area contributed by atoms with E-state index in [1.165, 1.54) is 0 Å². The molecule has 0 aliphatic heterocycles. The lowest BCUT2D eigenvalue weighted by molar-refractivity contribution is -0.141. The smallest absolute Gasteiger partial charge is 0.388 e. The Morgan fingerprint density at radius 2 is 1.74 bits per heavy atom. The zero-order chi connectivity index (χ0) is 22.9. The Labute approximate surface area is 177 Å². The number of carbonyl (C=O) groups is 1. The lowest BCUT2D eigenvalue weighted by Crippen LogP contribution is -2.04. The molecule has 0 bridgehead atoms. The second kappa shape index (κ2) is 10.8. The van der Waals surface area contributed by atoms with Crippen LogP contribution >= 0.6 is 0 Å². The summed E-state index contributed by atoms with van der Waals surface area (Å²) in [5.74, 6) is -0.155. The van der Waals surface area contributed by atoms with Crippen LogP contribution in [0.2, 0.25) is 0 Å². The highest BCUT2D eigenvalue weighted by Gasteiger charge is 2.32. The van der Waals surface area contributed by atoms with E-state index in [1.54, 1.807) is 5.10 Å². The molecule has 31 heavy (non-hydrogen) atoms. The van der Waals surface area contributed by atoms with E-state index >= 15 is 0 Å². The van der Waals surface area contributed by atoms with Gasteiger partial charge in [0.25, 0.3) is 0 Å². The molecule has 0 aliphatic rings. The molecule has 0 atom stereocenters. The SMILES string of the molecule is CC.CNc1ccc(-n2cnc3ccccc32)cc1.O=CNc1cc(C(F)(F)F)[nH]n1. The number of fused-ring (bicyclic) bond motifs is 1. The Hall–Kier alpha value is -3.82. The minimum absolute atomic E-state index is 0.155. The van der Waals surface area contributed by atoms with Crippen molar-refractivity contribution in [2.75, 3.05) is 17.7 Å². The van der Waals surface area contributed by atoms with E-state index in [1.807, 2.05) is 50.7 Å². The van der Waals surface area contributed by atoms with Crippen molar-refractivity contribution in [2.24, 2.45) is 0 Å². The molecule has 3 N–H and O–H groups in total.